The topological polar surface area (TPSA) is 58.7 Å². The van der Waals surface area contributed by atoms with E-state index >= 15 is 0 Å². The second-order valence-corrected chi connectivity index (χ2v) is 5.63. The van der Waals surface area contributed by atoms with E-state index in [0.29, 0.717) is 12.6 Å². The Morgan fingerprint density at radius 2 is 2.20 bits per heavy atom. The van der Waals surface area contributed by atoms with Crippen LogP contribution in [0.1, 0.15) is 37.8 Å². The highest BCUT2D eigenvalue weighted by Crippen LogP contribution is 2.34. The number of rotatable bonds is 7. The van der Waals surface area contributed by atoms with Crippen LogP contribution in [0.5, 0.6) is 5.75 Å². The van der Waals surface area contributed by atoms with E-state index in [2.05, 4.69) is 17.0 Å². The predicted molar refractivity (Wildman–Crippen MR) is 80.8 cm³/mol. The molecule has 4 heteroatoms. The van der Waals surface area contributed by atoms with Crippen molar-refractivity contribution in [1.29, 1.82) is 0 Å². The lowest BCUT2D eigenvalue weighted by atomic mass is 9.87. The lowest BCUT2D eigenvalue weighted by Crippen LogP contribution is -2.49. The Bertz CT molecular complexity index is 419. The molecule has 0 bridgehead atoms. The summed E-state index contributed by atoms with van der Waals surface area (Å²) in [6, 6.07) is 8.78. The fourth-order valence-corrected chi connectivity index (χ4v) is 3.01. The Morgan fingerprint density at radius 3 is 2.70 bits per heavy atom. The minimum absolute atomic E-state index is 0.00857. The molecule has 3 N–H and O–H groups in total. The molecule has 0 amide bonds. The van der Waals surface area contributed by atoms with E-state index in [1.54, 1.807) is 7.11 Å². The number of ether oxygens (including phenoxy) is 1. The van der Waals surface area contributed by atoms with Crippen LogP contribution in [-0.2, 0) is 0 Å². The minimum atomic E-state index is 0.00857. The molecule has 112 valence electrons. The van der Waals surface area contributed by atoms with Crippen LogP contribution in [0.25, 0.3) is 0 Å². The van der Waals surface area contributed by atoms with Gasteiger partial charge in [-0.2, -0.15) is 0 Å². The summed E-state index contributed by atoms with van der Waals surface area (Å²) < 4.78 is 5.32. The molecule has 0 aliphatic heterocycles. The molecule has 0 aromatic heterocycles. The lowest BCUT2D eigenvalue weighted by Gasteiger charge is -2.44. The second kappa shape index (κ2) is 7.07. The van der Waals surface area contributed by atoms with Crippen molar-refractivity contribution in [3.63, 3.8) is 0 Å². The average Bonchev–Trinajstić information content (AvgIpc) is 2.37. The number of aliphatic hydroxyl groups is 1. The van der Waals surface area contributed by atoms with E-state index in [1.165, 1.54) is 24.8 Å². The predicted octanol–water partition coefficient (Wildman–Crippen LogP) is 1.93. The summed E-state index contributed by atoms with van der Waals surface area (Å²) in [5.74, 6) is 0.853. The van der Waals surface area contributed by atoms with E-state index in [9.17, 15) is 5.11 Å². The molecule has 1 fully saturated rings. The standard InChI is InChI=1S/C16H26N2O2/c1-12(17)16(13-5-3-8-15(11-13)20-2)18(9-10-19)14-6-4-7-14/h3,5,8,11-12,14,16,19H,4,6-7,9-10,17H2,1-2H3. The summed E-state index contributed by atoms with van der Waals surface area (Å²) in [4.78, 5) is 2.36. The van der Waals surface area contributed by atoms with Gasteiger partial charge in [0.25, 0.3) is 0 Å². The van der Waals surface area contributed by atoms with Crippen molar-refractivity contribution in [2.45, 2.75) is 44.3 Å². The third kappa shape index (κ3) is 3.32. The number of hydrogen-bond donors (Lipinski definition) is 2. The minimum Gasteiger partial charge on any atom is -0.497 e. The Kier molecular flexibility index (Phi) is 5.40. The van der Waals surface area contributed by atoms with Gasteiger partial charge in [0.2, 0.25) is 0 Å². The summed E-state index contributed by atoms with van der Waals surface area (Å²) >= 11 is 0. The van der Waals surface area contributed by atoms with E-state index in [0.717, 1.165) is 5.75 Å². The Hall–Kier alpha value is -1.10. The van der Waals surface area contributed by atoms with E-state index in [1.807, 2.05) is 19.1 Å². The first-order chi connectivity index (χ1) is 9.67. The highest BCUT2D eigenvalue weighted by atomic mass is 16.5. The van der Waals surface area contributed by atoms with Crippen molar-refractivity contribution in [2.24, 2.45) is 5.73 Å². The van der Waals surface area contributed by atoms with Crippen molar-refractivity contribution in [2.75, 3.05) is 20.3 Å². The molecule has 0 radical (unpaired) electrons. The van der Waals surface area contributed by atoms with Crippen molar-refractivity contribution < 1.29 is 9.84 Å². The highest BCUT2D eigenvalue weighted by molar-refractivity contribution is 5.31. The fraction of sp³-hybridized carbons (Fsp3) is 0.625. The summed E-state index contributed by atoms with van der Waals surface area (Å²) in [6.07, 6.45) is 3.68. The molecule has 2 atom stereocenters. The summed E-state index contributed by atoms with van der Waals surface area (Å²) in [5, 5.41) is 9.38. The average molecular weight is 278 g/mol. The van der Waals surface area contributed by atoms with Gasteiger partial charge in [-0.15, -0.1) is 0 Å². The molecule has 1 aliphatic carbocycles. The Labute approximate surface area is 121 Å². The van der Waals surface area contributed by atoms with Gasteiger partial charge < -0.3 is 15.6 Å². The Balaban J connectivity index is 2.27. The summed E-state index contributed by atoms with van der Waals surface area (Å²) in [5.41, 5.74) is 7.41. The van der Waals surface area contributed by atoms with Crippen molar-refractivity contribution in [3.8, 4) is 5.75 Å². The fourth-order valence-electron chi connectivity index (χ4n) is 3.01. The molecule has 1 aromatic rings. The van der Waals surface area contributed by atoms with Crippen LogP contribution >= 0.6 is 0 Å². The quantitative estimate of drug-likeness (QED) is 0.800. The maximum Gasteiger partial charge on any atom is 0.119 e. The van der Waals surface area contributed by atoms with Crippen molar-refractivity contribution >= 4 is 0 Å². The molecule has 2 unspecified atom stereocenters. The highest BCUT2D eigenvalue weighted by Gasteiger charge is 2.33. The van der Waals surface area contributed by atoms with Gasteiger partial charge in [0.05, 0.1) is 19.8 Å². The summed E-state index contributed by atoms with van der Waals surface area (Å²) in [6.45, 7) is 2.88. The molecule has 1 saturated carbocycles. The third-order valence-electron chi connectivity index (χ3n) is 4.19. The number of nitrogens with zero attached hydrogens (tertiary/aromatic N) is 1. The molecular formula is C16H26N2O2. The van der Waals surface area contributed by atoms with E-state index < -0.39 is 0 Å². The smallest absolute Gasteiger partial charge is 0.119 e. The first kappa shape index (κ1) is 15.3. The zero-order chi connectivity index (χ0) is 14.5. The molecule has 2 rings (SSSR count). The van der Waals surface area contributed by atoms with Gasteiger partial charge in [-0.05, 0) is 37.5 Å². The van der Waals surface area contributed by atoms with Gasteiger partial charge in [0.15, 0.2) is 0 Å². The van der Waals surface area contributed by atoms with E-state index in [-0.39, 0.29) is 18.7 Å². The number of hydrogen-bond acceptors (Lipinski definition) is 4. The van der Waals surface area contributed by atoms with Gasteiger partial charge in [0.1, 0.15) is 5.75 Å². The third-order valence-corrected chi connectivity index (χ3v) is 4.19. The van der Waals surface area contributed by atoms with Crippen LogP contribution in [0, 0.1) is 0 Å². The largest absolute Gasteiger partial charge is 0.497 e. The first-order valence-corrected chi connectivity index (χ1v) is 7.43. The second-order valence-electron chi connectivity index (χ2n) is 5.63. The Morgan fingerprint density at radius 1 is 1.45 bits per heavy atom. The zero-order valence-corrected chi connectivity index (χ0v) is 12.5. The molecule has 1 aliphatic rings. The molecule has 0 spiro atoms. The van der Waals surface area contributed by atoms with Crippen LogP contribution in [0.15, 0.2) is 24.3 Å². The van der Waals surface area contributed by atoms with E-state index in [4.69, 9.17) is 10.5 Å². The summed E-state index contributed by atoms with van der Waals surface area (Å²) in [7, 11) is 1.68. The maximum atomic E-state index is 9.38. The van der Waals surface area contributed by atoms with Gasteiger partial charge in [-0.3, -0.25) is 4.90 Å². The molecule has 1 aromatic carbocycles. The zero-order valence-electron chi connectivity index (χ0n) is 12.5. The maximum absolute atomic E-state index is 9.38. The number of benzene rings is 1. The van der Waals surface area contributed by atoms with Crippen LogP contribution in [0.2, 0.25) is 0 Å². The van der Waals surface area contributed by atoms with Gasteiger partial charge >= 0.3 is 0 Å². The number of aliphatic hydroxyl groups excluding tert-OH is 1. The van der Waals surface area contributed by atoms with Gasteiger partial charge in [-0.25, -0.2) is 0 Å². The number of methoxy groups -OCH3 is 1. The molecule has 20 heavy (non-hydrogen) atoms. The number of nitrogens with two attached hydrogens (primary N) is 1. The van der Waals surface area contributed by atoms with Crippen molar-refractivity contribution in [3.05, 3.63) is 29.8 Å². The van der Waals surface area contributed by atoms with Crippen LogP contribution in [-0.4, -0.2) is 42.4 Å². The lowest BCUT2D eigenvalue weighted by molar-refractivity contribution is 0.0503. The van der Waals surface area contributed by atoms with Crippen LogP contribution in [0.4, 0.5) is 0 Å². The van der Waals surface area contributed by atoms with Crippen LogP contribution in [0.3, 0.4) is 0 Å². The molecule has 0 heterocycles. The molecule has 4 nitrogen and oxygen atoms in total. The van der Waals surface area contributed by atoms with Crippen molar-refractivity contribution in [1.82, 2.24) is 4.90 Å². The van der Waals surface area contributed by atoms with Gasteiger partial charge in [0, 0.05) is 18.6 Å². The van der Waals surface area contributed by atoms with Gasteiger partial charge in [-0.1, -0.05) is 18.6 Å². The molecule has 0 saturated heterocycles. The SMILES string of the molecule is COc1cccc(C(C(C)N)N(CCO)C2CCC2)c1. The van der Waals surface area contributed by atoms with Crippen LogP contribution < -0.4 is 10.5 Å². The molecular weight excluding hydrogens is 252 g/mol. The normalized spacial score (nSPS) is 18.6. The first-order valence-electron chi connectivity index (χ1n) is 7.43. The monoisotopic (exact) mass is 278 g/mol.